The maximum atomic E-state index is 13.2. The first kappa shape index (κ1) is 12.3. The van der Waals surface area contributed by atoms with Gasteiger partial charge in [0.2, 0.25) is 0 Å². The highest BCUT2D eigenvalue weighted by molar-refractivity contribution is 6.31. The molecular weight excluding hydrogens is 241 g/mol. The molecule has 0 amide bonds. The first-order valence-electron chi connectivity index (χ1n) is 5.58. The van der Waals surface area contributed by atoms with Gasteiger partial charge in [-0.05, 0) is 43.0 Å². The summed E-state index contributed by atoms with van der Waals surface area (Å²) in [5, 5.41) is 9.84. The molecule has 0 unspecified atom stereocenters. The zero-order valence-electron chi connectivity index (χ0n) is 9.38. The third-order valence-electron chi connectivity index (χ3n) is 3.22. The number of nitriles is 1. The molecule has 90 valence electrons. The zero-order valence-corrected chi connectivity index (χ0v) is 10.1. The molecule has 1 aliphatic rings. The second kappa shape index (κ2) is 5.03. The Labute approximate surface area is 105 Å². The largest absolute Gasteiger partial charge is 0.381 e. The molecule has 1 heterocycles. The lowest BCUT2D eigenvalue weighted by atomic mass is 9.76. The molecule has 2 nitrogen and oxygen atoms in total. The van der Waals surface area contributed by atoms with Crippen molar-refractivity contribution in [1.82, 2.24) is 0 Å². The number of hydrogen-bond donors (Lipinski definition) is 0. The van der Waals surface area contributed by atoms with Crippen LogP contribution in [0, 0.1) is 22.6 Å². The van der Waals surface area contributed by atoms with E-state index >= 15 is 0 Å². The van der Waals surface area contributed by atoms with Gasteiger partial charge < -0.3 is 4.74 Å². The molecule has 1 saturated heterocycles. The van der Waals surface area contributed by atoms with Gasteiger partial charge in [0, 0.05) is 18.2 Å². The van der Waals surface area contributed by atoms with Crippen LogP contribution in [0.5, 0.6) is 0 Å². The summed E-state index contributed by atoms with van der Waals surface area (Å²) in [4.78, 5) is 0. The fraction of sp³-hybridized carbons (Fsp3) is 0.462. The van der Waals surface area contributed by atoms with Gasteiger partial charge >= 0.3 is 0 Å². The zero-order chi connectivity index (χ0) is 12.3. The first-order chi connectivity index (χ1) is 8.15. The van der Waals surface area contributed by atoms with Crippen LogP contribution in [0.15, 0.2) is 18.2 Å². The van der Waals surface area contributed by atoms with Gasteiger partial charge in [0.05, 0.1) is 11.5 Å². The molecule has 0 aromatic heterocycles. The van der Waals surface area contributed by atoms with Crippen molar-refractivity contribution in [3.63, 3.8) is 0 Å². The first-order valence-corrected chi connectivity index (χ1v) is 5.96. The molecule has 0 bridgehead atoms. The lowest BCUT2D eigenvalue weighted by Gasteiger charge is -2.30. The Balaban J connectivity index is 2.23. The summed E-state index contributed by atoms with van der Waals surface area (Å²) in [5.41, 5.74) is 0.241. The molecule has 0 saturated carbocycles. The Hall–Kier alpha value is -1.11. The lowest BCUT2D eigenvalue weighted by Crippen LogP contribution is -2.30. The summed E-state index contributed by atoms with van der Waals surface area (Å²) in [6.45, 7) is 1.17. The maximum absolute atomic E-state index is 13.2. The van der Waals surface area contributed by atoms with Crippen molar-refractivity contribution in [1.29, 1.82) is 5.26 Å². The molecule has 0 aliphatic carbocycles. The number of ether oxygens (including phenoxy) is 1. The van der Waals surface area contributed by atoms with Crippen molar-refractivity contribution in [2.75, 3.05) is 13.2 Å². The van der Waals surface area contributed by atoms with E-state index in [9.17, 15) is 9.65 Å². The highest BCUT2D eigenvalue weighted by atomic mass is 35.5. The molecule has 0 atom stereocenters. The molecule has 0 spiro atoms. The van der Waals surface area contributed by atoms with E-state index in [-0.39, 0.29) is 5.82 Å². The number of benzene rings is 1. The average molecular weight is 254 g/mol. The standard InChI is InChI=1S/C13H13ClFNO/c14-12-2-1-11(15)7-10(12)8-13(9-16)3-5-17-6-4-13/h1-2,7H,3-6,8H2. The summed E-state index contributed by atoms with van der Waals surface area (Å²) >= 11 is 6.03. The van der Waals surface area contributed by atoms with Crippen LogP contribution in [0.4, 0.5) is 4.39 Å². The van der Waals surface area contributed by atoms with Crippen molar-refractivity contribution < 1.29 is 9.13 Å². The van der Waals surface area contributed by atoms with E-state index in [1.807, 2.05) is 0 Å². The van der Waals surface area contributed by atoms with E-state index in [2.05, 4.69) is 6.07 Å². The molecule has 17 heavy (non-hydrogen) atoms. The van der Waals surface area contributed by atoms with Gasteiger partial charge in [0.25, 0.3) is 0 Å². The molecule has 4 heteroatoms. The highest BCUT2D eigenvalue weighted by Gasteiger charge is 2.33. The summed E-state index contributed by atoms with van der Waals surface area (Å²) in [7, 11) is 0. The van der Waals surface area contributed by atoms with E-state index in [0.29, 0.717) is 43.1 Å². The molecule has 0 radical (unpaired) electrons. The van der Waals surface area contributed by atoms with E-state index in [1.54, 1.807) is 0 Å². The van der Waals surface area contributed by atoms with Crippen molar-refractivity contribution in [3.05, 3.63) is 34.6 Å². The van der Waals surface area contributed by atoms with Crippen LogP contribution < -0.4 is 0 Å². The molecule has 0 N–H and O–H groups in total. The Bertz CT molecular complexity index is 449. The fourth-order valence-corrected chi connectivity index (χ4v) is 2.32. The molecule has 1 aromatic carbocycles. The van der Waals surface area contributed by atoms with Crippen LogP contribution in [0.25, 0.3) is 0 Å². The summed E-state index contributed by atoms with van der Waals surface area (Å²) in [5.74, 6) is -0.315. The second-order valence-electron chi connectivity index (χ2n) is 4.42. The van der Waals surface area contributed by atoms with Crippen LogP contribution >= 0.6 is 11.6 Å². The van der Waals surface area contributed by atoms with Crippen molar-refractivity contribution in [3.8, 4) is 6.07 Å². The Morgan fingerprint density at radius 3 is 2.76 bits per heavy atom. The van der Waals surface area contributed by atoms with Gasteiger partial charge in [0.1, 0.15) is 5.82 Å². The van der Waals surface area contributed by atoms with E-state index < -0.39 is 5.41 Å². The Kier molecular flexibility index (Phi) is 3.66. The number of rotatable bonds is 2. The van der Waals surface area contributed by atoms with Crippen molar-refractivity contribution >= 4 is 11.6 Å². The minimum absolute atomic E-state index is 0.315. The Morgan fingerprint density at radius 2 is 2.12 bits per heavy atom. The fourth-order valence-electron chi connectivity index (χ4n) is 2.13. The van der Waals surface area contributed by atoms with Gasteiger partial charge in [-0.2, -0.15) is 5.26 Å². The predicted octanol–water partition coefficient (Wildman–Crippen LogP) is 3.34. The smallest absolute Gasteiger partial charge is 0.123 e. The Morgan fingerprint density at radius 1 is 1.41 bits per heavy atom. The maximum Gasteiger partial charge on any atom is 0.123 e. The topological polar surface area (TPSA) is 33.0 Å². The van der Waals surface area contributed by atoms with E-state index in [4.69, 9.17) is 16.3 Å². The normalized spacial score (nSPS) is 18.6. The molecule has 1 aliphatic heterocycles. The summed E-state index contributed by atoms with van der Waals surface area (Å²) < 4.78 is 18.4. The highest BCUT2D eigenvalue weighted by Crippen LogP contribution is 2.35. The number of hydrogen-bond acceptors (Lipinski definition) is 2. The predicted molar refractivity (Wildman–Crippen MR) is 63.2 cm³/mol. The quantitative estimate of drug-likeness (QED) is 0.810. The van der Waals surface area contributed by atoms with Gasteiger partial charge in [-0.15, -0.1) is 0 Å². The van der Waals surface area contributed by atoms with E-state index in [1.165, 1.54) is 18.2 Å². The minimum Gasteiger partial charge on any atom is -0.381 e. The van der Waals surface area contributed by atoms with Gasteiger partial charge in [-0.1, -0.05) is 11.6 Å². The van der Waals surface area contributed by atoms with Crippen LogP contribution in [0.3, 0.4) is 0 Å². The minimum atomic E-state index is -0.463. The summed E-state index contributed by atoms with van der Waals surface area (Å²) in [6, 6.07) is 6.63. The molecular formula is C13H13ClFNO. The third-order valence-corrected chi connectivity index (χ3v) is 3.59. The van der Waals surface area contributed by atoms with Crippen molar-refractivity contribution in [2.45, 2.75) is 19.3 Å². The lowest BCUT2D eigenvalue weighted by molar-refractivity contribution is 0.0406. The van der Waals surface area contributed by atoms with E-state index in [0.717, 1.165) is 0 Å². The van der Waals surface area contributed by atoms with Crippen molar-refractivity contribution in [2.24, 2.45) is 5.41 Å². The SMILES string of the molecule is N#CC1(Cc2cc(F)ccc2Cl)CCOCC1. The number of halogens is 2. The molecule has 2 rings (SSSR count). The van der Waals surface area contributed by atoms with Crippen LogP contribution in [0.2, 0.25) is 5.02 Å². The van der Waals surface area contributed by atoms with Gasteiger partial charge in [0.15, 0.2) is 0 Å². The van der Waals surface area contributed by atoms with Crippen LogP contribution in [-0.2, 0) is 11.2 Å². The summed E-state index contributed by atoms with van der Waals surface area (Å²) in [6.07, 6.45) is 1.84. The second-order valence-corrected chi connectivity index (χ2v) is 4.82. The van der Waals surface area contributed by atoms with Gasteiger partial charge in [-0.25, -0.2) is 4.39 Å². The number of nitrogens with zero attached hydrogens (tertiary/aromatic N) is 1. The monoisotopic (exact) mass is 253 g/mol. The van der Waals surface area contributed by atoms with Crippen LogP contribution in [0.1, 0.15) is 18.4 Å². The third kappa shape index (κ3) is 2.77. The average Bonchev–Trinajstić information content (AvgIpc) is 2.35. The molecule has 1 aromatic rings. The molecule has 1 fully saturated rings. The van der Waals surface area contributed by atoms with Gasteiger partial charge in [-0.3, -0.25) is 0 Å². The van der Waals surface area contributed by atoms with Crippen LogP contribution in [-0.4, -0.2) is 13.2 Å².